The molecule has 86 valence electrons. The molecule has 0 bridgehead atoms. The number of hydrogen-bond acceptors (Lipinski definition) is 2. The molecule has 1 fully saturated rings. The Balaban J connectivity index is 2.11. The molecule has 16 heavy (non-hydrogen) atoms. The largest absolute Gasteiger partial charge is 0.496 e. The van der Waals surface area contributed by atoms with Crippen LogP contribution in [0.5, 0.6) is 5.75 Å². The monoisotopic (exact) mass is 218 g/mol. The quantitative estimate of drug-likeness (QED) is 0.708. The van der Waals surface area contributed by atoms with Gasteiger partial charge in [-0.05, 0) is 30.9 Å². The lowest BCUT2D eigenvalue weighted by Gasteiger charge is -2.09. The second kappa shape index (κ2) is 4.69. The molecule has 2 rings (SSSR count). The summed E-state index contributed by atoms with van der Waals surface area (Å²) in [5.41, 5.74) is 1.77. The van der Waals surface area contributed by atoms with Gasteiger partial charge in [0.1, 0.15) is 5.75 Å². The molecule has 0 spiro atoms. The molecule has 0 N–H and O–H groups in total. The van der Waals surface area contributed by atoms with Crippen LogP contribution < -0.4 is 4.74 Å². The number of carbonyl (C=O) groups is 1. The third-order valence-electron chi connectivity index (χ3n) is 3.19. The normalized spacial score (nSPS) is 14.9. The molecule has 0 heterocycles. The number of aryl methyl sites for hydroxylation is 1. The molecule has 1 aromatic carbocycles. The van der Waals surface area contributed by atoms with Gasteiger partial charge in [0.2, 0.25) is 0 Å². The molecule has 1 aromatic rings. The molecule has 0 saturated heterocycles. The van der Waals surface area contributed by atoms with E-state index in [9.17, 15) is 4.79 Å². The molecule has 1 aliphatic carbocycles. The maximum absolute atomic E-state index is 12.0. The summed E-state index contributed by atoms with van der Waals surface area (Å²) in [5.74, 6) is 1.76. The van der Waals surface area contributed by atoms with Crippen molar-refractivity contribution in [2.75, 3.05) is 7.11 Å². The second-order valence-electron chi connectivity index (χ2n) is 4.56. The van der Waals surface area contributed by atoms with Gasteiger partial charge in [0.15, 0.2) is 5.78 Å². The summed E-state index contributed by atoms with van der Waals surface area (Å²) >= 11 is 0. The molecule has 1 saturated carbocycles. The van der Waals surface area contributed by atoms with Gasteiger partial charge >= 0.3 is 0 Å². The van der Waals surface area contributed by atoms with Crippen molar-refractivity contribution in [3.63, 3.8) is 0 Å². The molecule has 0 radical (unpaired) electrons. The standard InChI is InChI=1S/C14H18O2/c1-10-4-3-5-12(14(10)16-2)13(15)9-8-11-6-7-11/h3-5,11H,6-9H2,1-2H3. The van der Waals surface area contributed by atoms with Crippen molar-refractivity contribution >= 4 is 5.78 Å². The van der Waals surface area contributed by atoms with Gasteiger partial charge in [-0.3, -0.25) is 4.79 Å². The first kappa shape index (κ1) is 11.2. The fourth-order valence-electron chi connectivity index (χ4n) is 2.02. The molecule has 2 heteroatoms. The van der Waals surface area contributed by atoms with Gasteiger partial charge in [-0.25, -0.2) is 0 Å². The van der Waals surface area contributed by atoms with Crippen LogP contribution in [0.2, 0.25) is 0 Å². The Labute approximate surface area is 96.6 Å². The van der Waals surface area contributed by atoms with E-state index in [1.165, 1.54) is 12.8 Å². The molecule has 2 nitrogen and oxygen atoms in total. The molecule has 0 atom stereocenters. The van der Waals surface area contributed by atoms with Gasteiger partial charge in [0.25, 0.3) is 0 Å². The number of rotatable bonds is 5. The summed E-state index contributed by atoms with van der Waals surface area (Å²) in [6.07, 6.45) is 4.30. The Kier molecular flexibility index (Phi) is 3.28. The lowest BCUT2D eigenvalue weighted by Crippen LogP contribution is -2.03. The minimum Gasteiger partial charge on any atom is -0.496 e. The molecular formula is C14H18O2. The van der Waals surface area contributed by atoms with E-state index in [4.69, 9.17) is 4.74 Å². The highest BCUT2D eigenvalue weighted by Gasteiger charge is 2.23. The van der Waals surface area contributed by atoms with Gasteiger partial charge in [-0.15, -0.1) is 0 Å². The second-order valence-corrected chi connectivity index (χ2v) is 4.56. The van der Waals surface area contributed by atoms with Crippen molar-refractivity contribution in [2.45, 2.75) is 32.6 Å². The van der Waals surface area contributed by atoms with E-state index in [-0.39, 0.29) is 5.78 Å². The highest BCUT2D eigenvalue weighted by molar-refractivity contribution is 5.99. The molecule has 0 amide bonds. The third-order valence-corrected chi connectivity index (χ3v) is 3.19. The fraction of sp³-hybridized carbons (Fsp3) is 0.500. The highest BCUT2D eigenvalue weighted by Crippen LogP contribution is 2.34. The van der Waals surface area contributed by atoms with Crippen LogP contribution in [-0.2, 0) is 0 Å². The van der Waals surface area contributed by atoms with Crippen molar-refractivity contribution in [1.29, 1.82) is 0 Å². The smallest absolute Gasteiger partial charge is 0.166 e. The minimum atomic E-state index is 0.215. The van der Waals surface area contributed by atoms with Crippen molar-refractivity contribution in [3.05, 3.63) is 29.3 Å². The van der Waals surface area contributed by atoms with E-state index in [0.29, 0.717) is 6.42 Å². The summed E-state index contributed by atoms with van der Waals surface area (Å²) in [6, 6.07) is 5.75. The van der Waals surface area contributed by atoms with Gasteiger partial charge in [0.05, 0.1) is 12.7 Å². The van der Waals surface area contributed by atoms with E-state index in [0.717, 1.165) is 29.2 Å². The molecule has 1 aliphatic rings. The Morgan fingerprint density at radius 3 is 2.81 bits per heavy atom. The Morgan fingerprint density at radius 1 is 1.44 bits per heavy atom. The number of carbonyl (C=O) groups excluding carboxylic acids is 1. The van der Waals surface area contributed by atoms with Gasteiger partial charge < -0.3 is 4.74 Å². The molecular weight excluding hydrogens is 200 g/mol. The predicted octanol–water partition coefficient (Wildman–Crippen LogP) is 3.38. The van der Waals surface area contributed by atoms with Crippen LogP contribution in [0.1, 0.15) is 41.6 Å². The predicted molar refractivity (Wildman–Crippen MR) is 64.0 cm³/mol. The lowest BCUT2D eigenvalue weighted by molar-refractivity contribution is 0.0975. The number of ether oxygens (including phenoxy) is 1. The van der Waals surface area contributed by atoms with E-state index in [1.807, 2.05) is 25.1 Å². The average Bonchev–Trinajstić information content (AvgIpc) is 3.09. The maximum Gasteiger partial charge on any atom is 0.166 e. The first-order valence-corrected chi connectivity index (χ1v) is 5.89. The summed E-state index contributed by atoms with van der Waals surface area (Å²) < 4.78 is 5.30. The van der Waals surface area contributed by atoms with Crippen molar-refractivity contribution < 1.29 is 9.53 Å². The summed E-state index contributed by atoms with van der Waals surface area (Å²) in [6.45, 7) is 1.97. The summed E-state index contributed by atoms with van der Waals surface area (Å²) in [7, 11) is 1.63. The van der Waals surface area contributed by atoms with Crippen molar-refractivity contribution in [1.82, 2.24) is 0 Å². The van der Waals surface area contributed by atoms with Gasteiger partial charge in [0, 0.05) is 6.42 Å². The Morgan fingerprint density at radius 2 is 2.19 bits per heavy atom. The highest BCUT2D eigenvalue weighted by atomic mass is 16.5. The zero-order chi connectivity index (χ0) is 11.5. The van der Waals surface area contributed by atoms with Gasteiger partial charge in [-0.2, -0.15) is 0 Å². The van der Waals surface area contributed by atoms with Crippen LogP contribution in [0.15, 0.2) is 18.2 Å². The average molecular weight is 218 g/mol. The fourth-order valence-corrected chi connectivity index (χ4v) is 2.02. The molecule has 0 aliphatic heterocycles. The minimum absolute atomic E-state index is 0.215. The zero-order valence-corrected chi connectivity index (χ0v) is 9.95. The number of methoxy groups -OCH3 is 1. The topological polar surface area (TPSA) is 26.3 Å². The Bertz CT molecular complexity index is 392. The first-order valence-electron chi connectivity index (χ1n) is 5.89. The van der Waals surface area contributed by atoms with E-state index in [1.54, 1.807) is 7.11 Å². The zero-order valence-electron chi connectivity index (χ0n) is 9.95. The van der Waals surface area contributed by atoms with Crippen LogP contribution in [-0.4, -0.2) is 12.9 Å². The van der Waals surface area contributed by atoms with E-state index >= 15 is 0 Å². The number of hydrogen-bond donors (Lipinski definition) is 0. The van der Waals surface area contributed by atoms with E-state index < -0.39 is 0 Å². The van der Waals surface area contributed by atoms with Crippen LogP contribution >= 0.6 is 0 Å². The number of ketones is 1. The SMILES string of the molecule is COc1c(C)cccc1C(=O)CCC1CC1. The van der Waals surface area contributed by atoms with Crippen molar-refractivity contribution in [3.8, 4) is 5.75 Å². The van der Waals surface area contributed by atoms with Crippen LogP contribution in [0.4, 0.5) is 0 Å². The molecule has 0 unspecified atom stereocenters. The van der Waals surface area contributed by atoms with Crippen LogP contribution in [0, 0.1) is 12.8 Å². The van der Waals surface area contributed by atoms with Gasteiger partial charge in [-0.1, -0.05) is 25.0 Å². The van der Waals surface area contributed by atoms with E-state index in [2.05, 4.69) is 0 Å². The lowest BCUT2D eigenvalue weighted by atomic mass is 10.0. The summed E-state index contributed by atoms with van der Waals surface area (Å²) in [4.78, 5) is 12.0. The number of para-hydroxylation sites is 1. The third kappa shape index (κ3) is 2.43. The number of benzene rings is 1. The van der Waals surface area contributed by atoms with Crippen molar-refractivity contribution in [2.24, 2.45) is 5.92 Å². The maximum atomic E-state index is 12.0. The number of Topliss-reactive ketones (excluding diaryl/α,β-unsaturated/α-hetero) is 1. The van der Waals surface area contributed by atoms with Crippen LogP contribution in [0.25, 0.3) is 0 Å². The summed E-state index contributed by atoms with van der Waals surface area (Å²) in [5, 5.41) is 0. The first-order chi connectivity index (χ1) is 7.72. The Hall–Kier alpha value is -1.31. The van der Waals surface area contributed by atoms with Crippen LogP contribution in [0.3, 0.4) is 0 Å². The molecule has 0 aromatic heterocycles.